The molecule has 0 bridgehead atoms. The normalized spacial score (nSPS) is 21.6. The Hall–Kier alpha value is -1.08. The minimum absolute atomic E-state index is 0.377. The van der Waals surface area contributed by atoms with Gasteiger partial charge in [-0.1, -0.05) is 91.9 Å². The maximum absolute atomic E-state index is 3.85. The molecule has 0 saturated heterocycles. The summed E-state index contributed by atoms with van der Waals surface area (Å²) in [6, 6.07) is 16.4. The number of rotatable bonds is 3. The first kappa shape index (κ1) is 17.3. The molecule has 1 heteroatoms. The van der Waals surface area contributed by atoms with E-state index in [9.17, 15) is 0 Å². The van der Waals surface area contributed by atoms with Gasteiger partial charge in [0, 0.05) is 4.47 Å². The zero-order chi connectivity index (χ0) is 17.5. The molecule has 0 unspecified atom stereocenters. The first-order chi connectivity index (χ1) is 12.0. The van der Waals surface area contributed by atoms with Crippen molar-refractivity contribution in [2.24, 2.45) is 0 Å². The van der Waals surface area contributed by atoms with Crippen LogP contribution >= 0.6 is 15.9 Å². The molecule has 2 fully saturated rings. The van der Waals surface area contributed by atoms with E-state index in [1.54, 1.807) is 0 Å². The smallest absolute Gasteiger partial charge is 0.0256 e. The van der Waals surface area contributed by atoms with Gasteiger partial charge in [0.25, 0.3) is 0 Å². The number of hydrogen-bond donors (Lipinski definition) is 0. The van der Waals surface area contributed by atoms with Crippen molar-refractivity contribution < 1.29 is 0 Å². The molecule has 132 valence electrons. The van der Waals surface area contributed by atoms with Crippen LogP contribution in [0.1, 0.15) is 76.3 Å². The van der Waals surface area contributed by atoms with Crippen LogP contribution in [0.15, 0.2) is 46.9 Å². The summed E-state index contributed by atoms with van der Waals surface area (Å²) < 4.78 is 1.23. The van der Waals surface area contributed by atoms with Crippen LogP contribution in [0.3, 0.4) is 0 Å². The van der Waals surface area contributed by atoms with Crippen LogP contribution < -0.4 is 0 Å². The van der Waals surface area contributed by atoms with Crippen molar-refractivity contribution >= 4 is 15.9 Å². The molecule has 0 radical (unpaired) electrons. The number of halogens is 1. The van der Waals surface area contributed by atoms with Crippen LogP contribution in [0.25, 0.3) is 11.1 Å². The quantitative estimate of drug-likeness (QED) is 0.496. The molecule has 0 amide bonds. The first-order valence-corrected chi connectivity index (χ1v) is 10.7. The molecule has 2 aromatic carbocycles. The maximum Gasteiger partial charge on any atom is 0.0256 e. The lowest BCUT2D eigenvalue weighted by atomic mass is 9.80. The summed E-state index contributed by atoms with van der Waals surface area (Å²) in [5.41, 5.74) is 6.42. The van der Waals surface area contributed by atoms with Crippen LogP contribution in [0, 0.1) is 0 Å². The first-order valence-electron chi connectivity index (χ1n) is 9.91. The Morgan fingerprint density at radius 3 is 1.68 bits per heavy atom. The Kier molecular flexibility index (Phi) is 4.56. The Balaban J connectivity index is 1.61. The van der Waals surface area contributed by atoms with Crippen molar-refractivity contribution in [2.75, 3.05) is 0 Å². The molecule has 0 nitrogen and oxygen atoms in total. The average molecular weight is 397 g/mol. The summed E-state index contributed by atoms with van der Waals surface area (Å²) in [6.45, 7) is 4.86. The zero-order valence-electron chi connectivity index (χ0n) is 15.6. The van der Waals surface area contributed by atoms with Crippen LogP contribution in [0.5, 0.6) is 0 Å². The Bertz CT molecular complexity index is 744. The van der Waals surface area contributed by atoms with Crippen molar-refractivity contribution in [3.63, 3.8) is 0 Å². The molecule has 0 spiro atoms. The SMILES string of the molecule is CC1(c2ccc(-c3ccc(C4(C)CCCC4)cc3Br)cc2)CCCC1. The highest BCUT2D eigenvalue weighted by Gasteiger charge is 2.31. The summed E-state index contributed by atoms with van der Waals surface area (Å²) >= 11 is 3.85. The largest absolute Gasteiger partial charge is 0.0579 e. The minimum atomic E-state index is 0.377. The summed E-state index contributed by atoms with van der Waals surface area (Å²) in [5, 5.41) is 0. The van der Waals surface area contributed by atoms with Crippen LogP contribution in [-0.4, -0.2) is 0 Å². The molecule has 0 aliphatic heterocycles. The maximum atomic E-state index is 3.85. The van der Waals surface area contributed by atoms with E-state index in [0.29, 0.717) is 10.8 Å². The second-order valence-electron chi connectivity index (χ2n) is 8.81. The minimum Gasteiger partial charge on any atom is -0.0579 e. The predicted molar refractivity (Wildman–Crippen MR) is 111 cm³/mol. The summed E-state index contributed by atoms with van der Waals surface area (Å²) in [6.07, 6.45) is 10.8. The fraction of sp³-hybridized carbons (Fsp3) is 0.500. The lowest BCUT2D eigenvalue weighted by Gasteiger charge is -2.25. The van der Waals surface area contributed by atoms with Gasteiger partial charge >= 0.3 is 0 Å². The predicted octanol–water partition coefficient (Wildman–Crippen LogP) is 7.78. The lowest BCUT2D eigenvalue weighted by Crippen LogP contribution is -2.16. The van der Waals surface area contributed by atoms with Gasteiger partial charge in [-0.2, -0.15) is 0 Å². The van der Waals surface area contributed by atoms with Gasteiger partial charge in [-0.05, 0) is 64.8 Å². The van der Waals surface area contributed by atoms with Gasteiger partial charge < -0.3 is 0 Å². The molecule has 0 N–H and O–H groups in total. The van der Waals surface area contributed by atoms with E-state index in [0.717, 1.165) is 0 Å². The summed E-state index contributed by atoms with van der Waals surface area (Å²) in [4.78, 5) is 0. The van der Waals surface area contributed by atoms with Gasteiger partial charge in [0.1, 0.15) is 0 Å². The topological polar surface area (TPSA) is 0 Å². The standard InChI is InChI=1S/C24H29Br/c1-23(13-3-4-14-23)19-9-7-18(8-10-19)21-12-11-20(17-22(21)25)24(2)15-5-6-16-24/h7-12,17H,3-6,13-16H2,1-2H3. The van der Waals surface area contributed by atoms with E-state index in [1.165, 1.54) is 78.1 Å². The third-order valence-corrected chi connectivity index (χ3v) is 7.63. The number of benzene rings is 2. The van der Waals surface area contributed by atoms with Gasteiger partial charge in [0.05, 0.1) is 0 Å². The molecule has 4 rings (SSSR count). The molecule has 0 heterocycles. The van der Waals surface area contributed by atoms with E-state index >= 15 is 0 Å². The van der Waals surface area contributed by atoms with Gasteiger partial charge in [-0.25, -0.2) is 0 Å². The molecule has 0 atom stereocenters. The van der Waals surface area contributed by atoms with E-state index in [-0.39, 0.29) is 0 Å². The van der Waals surface area contributed by atoms with Crippen LogP contribution in [-0.2, 0) is 10.8 Å². The number of hydrogen-bond acceptors (Lipinski definition) is 0. The van der Waals surface area contributed by atoms with E-state index < -0.39 is 0 Å². The highest BCUT2D eigenvalue weighted by atomic mass is 79.9. The molecular weight excluding hydrogens is 368 g/mol. The van der Waals surface area contributed by atoms with E-state index in [4.69, 9.17) is 0 Å². The highest BCUT2D eigenvalue weighted by molar-refractivity contribution is 9.10. The molecule has 2 aliphatic rings. The average Bonchev–Trinajstić information content (AvgIpc) is 3.25. The zero-order valence-corrected chi connectivity index (χ0v) is 17.2. The van der Waals surface area contributed by atoms with Gasteiger partial charge in [-0.3, -0.25) is 0 Å². The Morgan fingerprint density at radius 2 is 1.16 bits per heavy atom. The molecule has 2 saturated carbocycles. The van der Waals surface area contributed by atoms with Crippen molar-refractivity contribution in [2.45, 2.75) is 76.0 Å². The Labute approximate surface area is 161 Å². The summed E-state index contributed by atoms with van der Waals surface area (Å²) in [7, 11) is 0. The third-order valence-electron chi connectivity index (χ3n) is 6.97. The van der Waals surface area contributed by atoms with Crippen LogP contribution in [0.2, 0.25) is 0 Å². The Morgan fingerprint density at radius 1 is 0.680 bits per heavy atom. The van der Waals surface area contributed by atoms with Crippen molar-refractivity contribution in [1.82, 2.24) is 0 Å². The fourth-order valence-electron chi connectivity index (χ4n) is 5.06. The fourth-order valence-corrected chi connectivity index (χ4v) is 5.67. The van der Waals surface area contributed by atoms with E-state index in [1.807, 2.05) is 0 Å². The second kappa shape index (κ2) is 6.58. The van der Waals surface area contributed by atoms with Gasteiger partial charge in [0.15, 0.2) is 0 Å². The highest BCUT2D eigenvalue weighted by Crippen LogP contribution is 2.44. The van der Waals surface area contributed by atoms with Crippen LogP contribution in [0.4, 0.5) is 0 Å². The second-order valence-corrected chi connectivity index (χ2v) is 9.66. The lowest BCUT2D eigenvalue weighted by molar-refractivity contribution is 0.491. The van der Waals surface area contributed by atoms with Gasteiger partial charge in [0.2, 0.25) is 0 Å². The van der Waals surface area contributed by atoms with E-state index in [2.05, 4.69) is 72.2 Å². The monoisotopic (exact) mass is 396 g/mol. The molecule has 0 aromatic heterocycles. The van der Waals surface area contributed by atoms with Gasteiger partial charge in [-0.15, -0.1) is 0 Å². The molecule has 2 aliphatic carbocycles. The molecule has 2 aromatic rings. The van der Waals surface area contributed by atoms with Crippen molar-refractivity contribution in [3.05, 3.63) is 58.1 Å². The molecular formula is C24H29Br. The molecule has 25 heavy (non-hydrogen) atoms. The summed E-state index contributed by atoms with van der Waals surface area (Å²) in [5.74, 6) is 0. The van der Waals surface area contributed by atoms with Crippen molar-refractivity contribution in [3.8, 4) is 11.1 Å². The third kappa shape index (κ3) is 3.21. The van der Waals surface area contributed by atoms with Crippen molar-refractivity contribution in [1.29, 1.82) is 0 Å².